The molecule has 1 amide bonds. The Hall–Kier alpha value is -1.14. The minimum Gasteiger partial charge on any atom is -0.467 e. The van der Waals surface area contributed by atoms with E-state index in [9.17, 15) is 14.7 Å². The molecule has 0 saturated heterocycles. The van der Waals surface area contributed by atoms with Crippen LogP contribution in [0, 0.1) is 17.8 Å². The summed E-state index contributed by atoms with van der Waals surface area (Å²) in [5, 5.41) is 12.0. The molecule has 0 radical (unpaired) electrons. The van der Waals surface area contributed by atoms with Crippen molar-refractivity contribution in [3.63, 3.8) is 0 Å². The second-order valence-corrected chi connectivity index (χ2v) is 5.22. The van der Waals surface area contributed by atoms with Crippen LogP contribution in [0.25, 0.3) is 0 Å². The maximum Gasteiger partial charge on any atom is 0.336 e. The van der Waals surface area contributed by atoms with Gasteiger partial charge < -0.3 is 20.9 Å². The van der Waals surface area contributed by atoms with E-state index in [-0.39, 0.29) is 24.4 Å². The molecule has 4 N–H and O–H groups in total. The number of aliphatic hydroxyl groups is 1. The number of ether oxygens (including phenoxy) is 1. The highest BCUT2D eigenvalue weighted by Gasteiger charge is 2.49. The Morgan fingerprint density at radius 3 is 2.67 bits per heavy atom. The van der Waals surface area contributed by atoms with E-state index in [0.717, 1.165) is 19.3 Å². The average Bonchev–Trinajstić information content (AvgIpc) is 2.95. The molecule has 6 nitrogen and oxygen atoms in total. The Bertz CT molecular complexity index is 345. The van der Waals surface area contributed by atoms with Gasteiger partial charge in [0, 0.05) is 6.04 Å². The maximum absolute atomic E-state index is 12.0. The van der Waals surface area contributed by atoms with Gasteiger partial charge in [0.2, 0.25) is 5.91 Å². The summed E-state index contributed by atoms with van der Waals surface area (Å²) in [6, 6.07) is -0.0842. The van der Waals surface area contributed by atoms with Gasteiger partial charge in [-0.3, -0.25) is 4.79 Å². The van der Waals surface area contributed by atoms with Crippen molar-refractivity contribution in [1.82, 2.24) is 5.32 Å². The molecular weight excluding hydrogens is 236 g/mol. The van der Waals surface area contributed by atoms with E-state index in [4.69, 9.17) is 5.73 Å². The number of aliphatic hydroxyl groups excluding tert-OH is 1. The number of nitrogens with one attached hydrogen (secondary N) is 1. The molecule has 2 saturated carbocycles. The Morgan fingerprint density at radius 1 is 1.44 bits per heavy atom. The number of hydrogen-bond acceptors (Lipinski definition) is 5. The molecule has 0 aromatic carbocycles. The van der Waals surface area contributed by atoms with Crippen LogP contribution in [-0.4, -0.2) is 42.8 Å². The van der Waals surface area contributed by atoms with Gasteiger partial charge in [0.15, 0.2) is 6.10 Å². The summed E-state index contributed by atoms with van der Waals surface area (Å²) in [4.78, 5) is 23.0. The smallest absolute Gasteiger partial charge is 0.336 e. The van der Waals surface area contributed by atoms with E-state index >= 15 is 0 Å². The van der Waals surface area contributed by atoms with E-state index in [1.54, 1.807) is 0 Å². The Balaban J connectivity index is 1.84. The van der Waals surface area contributed by atoms with Crippen molar-refractivity contribution in [2.45, 2.75) is 31.4 Å². The van der Waals surface area contributed by atoms with Gasteiger partial charge in [-0.1, -0.05) is 0 Å². The van der Waals surface area contributed by atoms with E-state index < -0.39 is 12.1 Å². The Morgan fingerprint density at radius 2 is 2.11 bits per heavy atom. The van der Waals surface area contributed by atoms with Gasteiger partial charge >= 0.3 is 5.97 Å². The molecule has 102 valence electrons. The van der Waals surface area contributed by atoms with Crippen LogP contribution in [0.15, 0.2) is 0 Å². The van der Waals surface area contributed by atoms with Crippen molar-refractivity contribution in [3.8, 4) is 0 Å². The predicted octanol–water partition coefficient (Wildman–Crippen LogP) is -0.990. The van der Waals surface area contributed by atoms with Crippen LogP contribution in [0.2, 0.25) is 0 Å². The molecule has 2 aliphatic carbocycles. The molecule has 0 heterocycles. The normalized spacial score (nSPS) is 35.3. The van der Waals surface area contributed by atoms with Gasteiger partial charge in [-0.25, -0.2) is 4.79 Å². The minimum atomic E-state index is -1.31. The topological polar surface area (TPSA) is 102 Å². The van der Waals surface area contributed by atoms with Crippen molar-refractivity contribution in [2.75, 3.05) is 13.7 Å². The first-order valence-corrected chi connectivity index (χ1v) is 6.33. The molecule has 0 aliphatic heterocycles. The summed E-state index contributed by atoms with van der Waals surface area (Å²) >= 11 is 0. The SMILES string of the molecule is COC(=O)C(O)CNC(=O)C1C2CCC(C2)C1N. The quantitative estimate of drug-likeness (QED) is 0.561. The third-order valence-electron chi connectivity index (χ3n) is 4.23. The number of amides is 1. The lowest BCUT2D eigenvalue weighted by atomic mass is 9.84. The molecule has 0 aromatic rings. The summed E-state index contributed by atoms with van der Waals surface area (Å²) < 4.78 is 4.38. The van der Waals surface area contributed by atoms with Crippen LogP contribution >= 0.6 is 0 Å². The highest BCUT2D eigenvalue weighted by atomic mass is 16.5. The highest BCUT2D eigenvalue weighted by Crippen LogP contribution is 2.47. The Labute approximate surface area is 106 Å². The van der Waals surface area contributed by atoms with Crippen molar-refractivity contribution in [2.24, 2.45) is 23.5 Å². The molecule has 2 fully saturated rings. The number of rotatable bonds is 4. The van der Waals surface area contributed by atoms with Crippen LogP contribution in [0.3, 0.4) is 0 Å². The fourth-order valence-corrected chi connectivity index (χ4v) is 3.26. The molecule has 5 atom stereocenters. The zero-order valence-corrected chi connectivity index (χ0v) is 10.5. The average molecular weight is 256 g/mol. The second kappa shape index (κ2) is 5.24. The largest absolute Gasteiger partial charge is 0.467 e. The summed E-state index contributed by atoms with van der Waals surface area (Å²) in [6.07, 6.45) is 1.88. The number of esters is 1. The van der Waals surface area contributed by atoms with E-state index in [1.165, 1.54) is 7.11 Å². The van der Waals surface area contributed by atoms with Crippen molar-refractivity contribution >= 4 is 11.9 Å². The predicted molar refractivity (Wildman–Crippen MR) is 63.3 cm³/mol. The Kier molecular flexibility index (Phi) is 3.87. The van der Waals surface area contributed by atoms with Crippen LogP contribution in [-0.2, 0) is 14.3 Å². The van der Waals surface area contributed by atoms with Gasteiger partial charge in [-0.15, -0.1) is 0 Å². The second-order valence-electron chi connectivity index (χ2n) is 5.22. The van der Waals surface area contributed by atoms with Gasteiger partial charge in [0.05, 0.1) is 19.6 Å². The van der Waals surface area contributed by atoms with E-state index in [2.05, 4.69) is 10.1 Å². The van der Waals surface area contributed by atoms with Crippen molar-refractivity contribution < 1.29 is 19.4 Å². The first-order chi connectivity index (χ1) is 8.54. The molecule has 2 rings (SSSR count). The summed E-state index contributed by atoms with van der Waals surface area (Å²) in [5.41, 5.74) is 6.04. The molecular formula is C12H20N2O4. The molecule has 0 aromatic heterocycles. The first-order valence-electron chi connectivity index (χ1n) is 6.33. The number of fused-ring (bicyclic) bond motifs is 2. The summed E-state index contributed by atoms with van der Waals surface area (Å²) in [5.74, 6) is -0.254. The van der Waals surface area contributed by atoms with Gasteiger partial charge in [0.1, 0.15) is 0 Å². The molecule has 2 aliphatic rings. The van der Waals surface area contributed by atoms with Gasteiger partial charge in [-0.05, 0) is 31.1 Å². The van der Waals surface area contributed by atoms with E-state index in [0.29, 0.717) is 11.8 Å². The molecule has 0 spiro atoms. The molecule has 2 bridgehead atoms. The zero-order chi connectivity index (χ0) is 13.3. The van der Waals surface area contributed by atoms with Crippen molar-refractivity contribution in [1.29, 1.82) is 0 Å². The van der Waals surface area contributed by atoms with Gasteiger partial charge in [-0.2, -0.15) is 0 Å². The lowest BCUT2D eigenvalue weighted by Crippen LogP contribution is -2.47. The standard InChI is InChI=1S/C12H20N2O4/c1-18-12(17)8(15)5-14-11(16)9-6-2-3-7(4-6)10(9)13/h6-10,15H,2-5,13H2,1H3,(H,14,16). The third-order valence-corrected chi connectivity index (χ3v) is 4.23. The maximum atomic E-state index is 12.0. The number of hydrogen-bond donors (Lipinski definition) is 3. The third kappa shape index (κ3) is 2.35. The fourth-order valence-electron chi connectivity index (χ4n) is 3.26. The number of carbonyl (C=O) groups is 2. The lowest BCUT2D eigenvalue weighted by Gasteiger charge is -2.27. The summed E-state index contributed by atoms with van der Waals surface area (Å²) in [7, 11) is 1.19. The number of methoxy groups -OCH3 is 1. The molecule has 6 heteroatoms. The van der Waals surface area contributed by atoms with Crippen LogP contribution in [0.5, 0.6) is 0 Å². The number of carbonyl (C=O) groups excluding carboxylic acids is 2. The molecule has 5 unspecified atom stereocenters. The van der Waals surface area contributed by atoms with Crippen LogP contribution in [0.4, 0.5) is 0 Å². The fraction of sp³-hybridized carbons (Fsp3) is 0.833. The zero-order valence-electron chi connectivity index (χ0n) is 10.5. The minimum absolute atomic E-state index is 0.0842. The van der Waals surface area contributed by atoms with Crippen LogP contribution < -0.4 is 11.1 Å². The first kappa shape index (κ1) is 13.3. The van der Waals surface area contributed by atoms with Crippen LogP contribution in [0.1, 0.15) is 19.3 Å². The number of nitrogens with two attached hydrogens (primary N) is 1. The highest BCUT2D eigenvalue weighted by molar-refractivity contribution is 5.81. The summed E-state index contributed by atoms with van der Waals surface area (Å²) in [6.45, 7) is -0.119. The van der Waals surface area contributed by atoms with E-state index in [1.807, 2.05) is 0 Å². The molecule has 18 heavy (non-hydrogen) atoms. The van der Waals surface area contributed by atoms with Crippen molar-refractivity contribution in [3.05, 3.63) is 0 Å². The monoisotopic (exact) mass is 256 g/mol. The lowest BCUT2D eigenvalue weighted by molar-refractivity contribution is -0.150. The van der Waals surface area contributed by atoms with Gasteiger partial charge in [0.25, 0.3) is 0 Å².